The molecule has 0 aliphatic carbocycles. The van der Waals surface area contributed by atoms with Crippen LogP contribution in [0.1, 0.15) is 66.5 Å². The molecule has 0 radical (unpaired) electrons. The summed E-state index contributed by atoms with van der Waals surface area (Å²) in [5.74, 6) is 1.17. The van der Waals surface area contributed by atoms with Gasteiger partial charge in [0.15, 0.2) is 0 Å². The second-order valence-corrected chi connectivity index (χ2v) is 12.3. The van der Waals surface area contributed by atoms with Gasteiger partial charge in [-0.25, -0.2) is 9.78 Å². The van der Waals surface area contributed by atoms with E-state index in [2.05, 4.69) is 68.8 Å². The Labute approximate surface area is 232 Å². The number of nitrogens with zero attached hydrogens (tertiary/aromatic N) is 6. The molecule has 2 N–H and O–H groups in total. The van der Waals surface area contributed by atoms with E-state index in [1.165, 1.54) is 5.56 Å². The van der Waals surface area contributed by atoms with E-state index in [-0.39, 0.29) is 29.8 Å². The maximum atomic E-state index is 12.8. The van der Waals surface area contributed by atoms with Crippen molar-refractivity contribution >= 4 is 29.8 Å². The van der Waals surface area contributed by atoms with Crippen LogP contribution >= 0.6 is 0 Å². The molecule has 39 heavy (non-hydrogen) atoms. The van der Waals surface area contributed by atoms with Crippen molar-refractivity contribution in [3.63, 3.8) is 0 Å². The number of aliphatic imine (C=N–C) groups is 2. The molecule has 2 aliphatic heterocycles. The minimum Gasteiger partial charge on any atom is -0.444 e. The number of rotatable bonds is 4. The van der Waals surface area contributed by atoms with Crippen LogP contribution in [0.15, 0.2) is 52.6 Å². The fourth-order valence-corrected chi connectivity index (χ4v) is 5.02. The first kappa shape index (κ1) is 28.5. The van der Waals surface area contributed by atoms with Crippen molar-refractivity contribution < 1.29 is 9.53 Å². The van der Waals surface area contributed by atoms with Crippen molar-refractivity contribution in [1.29, 1.82) is 0 Å². The number of anilines is 2. The summed E-state index contributed by atoms with van der Waals surface area (Å²) in [6.45, 7) is 18.5. The van der Waals surface area contributed by atoms with Crippen LogP contribution in [0.4, 0.5) is 16.3 Å². The van der Waals surface area contributed by atoms with Gasteiger partial charge in [0, 0.05) is 43.6 Å². The third-order valence-electron chi connectivity index (χ3n) is 7.37. The van der Waals surface area contributed by atoms with Gasteiger partial charge in [-0.2, -0.15) is 0 Å². The molecule has 2 aromatic rings. The molecular weight excluding hydrogens is 490 g/mol. The molecule has 1 fully saturated rings. The maximum Gasteiger partial charge on any atom is 0.410 e. The predicted octanol–water partition coefficient (Wildman–Crippen LogP) is 4.96. The molecule has 0 bridgehead atoms. The zero-order valence-corrected chi connectivity index (χ0v) is 24.5. The number of aromatic nitrogens is 1. The van der Waals surface area contributed by atoms with Gasteiger partial charge in [-0.1, -0.05) is 12.1 Å². The first-order valence-electron chi connectivity index (χ1n) is 13.7. The Morgan fingerprint density at radius 1 is 1.08 bits per heavy atom. The average molecular weight is 534 g/mol. The second-order valence-electron chi connectivity index (χ2n) is 12.3. The van der Waals surface area contributed by atoms with Crippen molar-refractivity contribution in [2.24, 2.45) is 9.98 Å². The first-order valence-corrected chi connectivity index (χ1v) is 13.7. The van der Waals surface area contributed by atoms with E-state index in [9.17, 15) is 4.79 Å². The summed E-state index contributed by atoms with van der Waals surface area (Å²) in [6.07, 6.45) is 3.30. The van der Waals surface area contributed by atoms with E-state index in [1.807, 2.05) is 49.0 Å². The Morgan fingerprint density at radius 2 is 1.72 bits per heavy atom. The van der Waals surface area contributed by atoms with E-state index in [0.29, 0.717) is 5.82 Å². The molecule has 0 unspecified atom stereocenters. The average Bonchev–Trinajstić information content (AvgIpc) is 2.94. The van der Waals surface area contributed by atoms with E-state index >= 15 is 0 Å². The molecule has 3 heterocycles. The van der Waals surface area contributed by atoms with Crippen molar-refractivity contribution in [1.82, 2.24) is 14.8 Å². The molecule has 9 nitrogen and oxygen atoms in total. The number of hydrogen-bond donors (Lipinski definition) is 1. The Kier molecular flexibility index (Phi) is 8.02. The number of amides is 1. The van der Waals surface area contributed by atoms with Gasteiger partial charge in [-0.05, 0) is 85.2 Å². The number of amidine groups is 1. The molecule has 1 amide bonds. The molecule has 2 aliphatic rings. The normalized spacial score (nSPS) is 23.8. The predicted molar refractivity (Wildman–Crippen MR) is 158 cm³/mol. The van der Waals surface area contributed by atoms with Crippen molar-refractivity contribution in [3.05, 3.63) is 53.7 Å². The number of ether oxygens (including phenoxy) is 1. The van der Waals surface area contributed by atoms with Crippen LogP contribution in [0.2, 0.25) is 0 Å². The second kappa shape index (κ2) is 11.0. The number of pyridine rings is 1. The maximum absolute atomic E-state index is 12.8. The van der Waals surface area contributed by atoms with Crippen LogP contribution in [0, 0.1) is 0 Å². The van der Waals surface area contributed by atoms with Gasteiger partial charge in [0.2, 0.25) is 0 Å². The van der Waals surface area contributed by atoms with Crippen LogP contribution in [0.3, 0.4) is 0 Å². The lowest BCUT2D eigenvalue weighted by Gasteiger charge is -2.44. The SMILES string of the molecule is C[C@@H]1CN(Cc2ccc(N3C=NC(C)(C)[C@H](C)N=C3c3cccnc3N)cc2)C[C@@H](C)N1C(=O)OC(C)(C)C. The number of benzene rings is 1. The van der Waals surface area contributed by atoms with Gasteiger partial charge >= 0.3 is 6.09 Å². The van der Waals surface area contributed by atoms with Gasteiger partial charge in [-0.15, -0.1) is 0 Å². The number of nitrogens with two attached hydrogens (primary N) is 1. The summed E-state index contributed by atoms with van der Waals surface area (Å²) in [7, 11) is 0. The fraction of sp³-hybridized carbons (Fsp3) is 0.533. The van der Waals surface area contributed by atoms with E-state index in [4.69, 9.17) is 20.5 Å². The summed E-state index contributed by atoms with van der Waals surface area (Å²) < 4.78 is 5.65. The monoisotopic (exact) mass is 533 g/mol. The van der Waals surface area contributed by atoms with E-state index in [0.717, 1.165) is 36.7 Å². The summed E-state index contributed by atoms with van der Waals surface area (Å²) in [6, 6.07) is 12.4. The Morgan fingerprint density at radius 3 is 2.31 bits per heavy atom. The minimum atomic E-state index is -0.505. The third kappa shape index (κ3) is 6.58. The quantitative estimate of drug-likeness (QED) is 0.597. The topological polar surface area (TPSA) is 99.6 Å². The van der Waals surface area contributed by atoms with Crippen molar-refractivity contribution in [2.45, 2.75) is 91.2 Å². The first-order chi connectivity index (χ1) is 18.2. The van der Waals surface area contributed by atoms with Gasteiger partial charge < -0.3 is 15.4 Å². The summed E-state index contributed by atoms with van der Waals surface area (Å²) in [5, 5.41) is 0. The van der Waals surface area contributed by atoms with Crippen LogP contribution < -0.4 is 10.6 Å². The van der Waals surface area contributed by atoms with Gasteiger partial charge in [0.1, 0.15) is 17.3 Å². The lowest BCUT2D eigenvalue weighted by molar-refractivity contribution is -0.0162. The summed E-state index contributed by atoms with van der Waals surface area (Å²) in [5.41, 5.74) is 8.33. The van der Waals surface area contributed by atoms with Gasteiger partial charge in [0.25, 0.3) is 0 Å². The zero-order valence-electron chi connectivity index (χ0n) is 24.5. The molecule has 1 aromatic heterocycles. The standard InChI is InChI=1S/C30H43N7O2/c1-20-16-35(17-21(2)37(20)28(38)39-29(4,5)6)18-23-11-13-24(14-12-23)36-19-33-30(7,8)22(3)34-27(36)25-10-9-15-32-26(25)31/h9-15,19-22H,16-18H2,1-8H3,(H2,31,32)/t20-,21-,22+/m1/s1. The van der Waals surface area contributed by atoms with E-state index in [1.54, 1.807) is 6.20 Å². The Hall–Kier alpha value is -3.46. The highest BCUT2D eigenvalue weighted by atomic mass is 16.6. The lowest BCUT2D eigenvalue weighted by Crippen LogP contribution is -2.59. The lowest BCUT2D eigenvalue weighted by atomic mass is 9.98. The smallest absolute Gasteiger partial charge is 0.410 e. The molecule has 0 spiro atoms. The largest absolute Gasteiger partial charge is 0.444 e. The number of carbonyl (C=O) groups excluding carboxylic acids is 1. The van der Waals surface area contributed by atoms with Crippen LogP contribution in [0.25, 0.3) is 0 Å². The van der Waals surface area contributed by atoms with Crippen molar-refractivity contribution in [2.75, 3.05) is 23.7 Å². The minimum absolute atomic E-state index is 0.0454. The highest BCUT2D eigenvalue weighted by Crippen LogP contribution is 2.28. The molecule has 9 heteroatoms. The molecule has 1 saturated heterocycles. The molecule has 210 valence electrons. The van der Waals surface area contributed by atoms with Gasteiger partial charge in [0.05, 0.1) is 23.5 Å². The summed E-state index contributed by atoms with van der Waals surface area (Å²) in [4.78, 5) is 33.2. The highest BCUT2D eigenvalue weighted by molar-refractivity contribution is 6.21. The molecule has 4 rings (SSSR count). The number of piperazine rings is 1. The third-order valence-corrected chi connectivity index (χ3v) is 7.37. The summed E-state index contributed by atoms with van der Waals surface area (Å²) >= 11 is 0. The number of nitrogen functional groups attached to an aromatic ring is 1. The number of hydrogen-bond acceptors (Lipinski definition) is 8. The van der Waals surface area contributed by atoms with E-state index < -0.39 is 5.60 Å². The molecule has 0 saturated carbocycles. The molecule has 3 atom stereocenters. The molecular formula is C30H43N7O2. The van der Waals surface area contributed by atoms with Crippen LogP contribution in [-0.2, 0) is 11.3 Å². The number of carbonyl (C=O) groups is 1. The Balaban J connectivity index is 1.51. The Bertz CT molecular complexity index is 1220. The fourth-order valence-electron chi connectivity index (χ4n) is 5.02. The molecule has 1 aromatic carbocycles. The van der Waals surface area contributed by atoms with Crippen molar-refractivity contribution in [3.8, 4) is 0 Å². The van der Waals surface area contributed by atoms with Gasteiger partial charge in [-0.3, -0.25) is 19.8 Å². The van der Waals surface area contributed by atoms with Crippen LogP contribution in [-0.4, -0.2) is 75.4 Å². The zero-order chi connectivity index (χ0) is 28.5. The highest BCUT2D eigenvalue weighted by Gasteiger charge is 2.35. The van der Waals surface area contributed by atoms with Crippen LogP contribution in [0.5, 0.6) is 0 Å².